The first-order valence-corrected chi connectivity index (χ1v) is 10.4. The standard InChI is InChI=1S/C21H32N4O/c1-13-10-14(2)23-21(22-13)25-8-6-17(7-9-25)20(26)24-15(3)19-12-16-4-5-18(19)11-16/h10,15-19H,4-9,11-12H2,1-3H3,(H,24,26). The molecule has 0 aromatic carbocycles. The molecule has 1 aromatic heterocycles. The number of nitrogens with zero attached hydrogens (tertiary/aromatic N) is 3. The fraction of sp³-hybridized carbons (Fsp3) is 0.762. The highest BCUT2D eigenvalue weighted by Crippen LogP contribution is 2.49. The molecule has 26 heavy (non-hydrogen) atoms. The first kappa shape index (κ1) is 17.7. The zero-order valence-electron chi connectivity index (χ0n) is 16.4. The molecule has 142 valence electrons. The zero-order valence-corrected chi connectivity index (χ0v) is 16.4. The van der Waals surface area contributed by atoms with Gasteiger partial charge in [-0.1, -0.05) is 6.42 Å². The van der Waals surface area contributed by atoms with Gasteiger partial charge in [0.2, 0.25) is 11.9 Å². The van der Waals surface area contributed by atoms with Gasteiger partial charge in [0, 0.05) is 36.4 Å². The molecule has 5 heteroatoms. The summed E-state index contributed by atoms with van der Waals surface area (Å²) in [6.07, 6.45) is 7.32. The highest BCUT2D eigenvalue weighted by molar-refractivity contribution is 5.79. The van der Waals surface area contributed by atoms with Gasteiger partial charge in [0.25, 0.3) is 0 Å². The highest BCUT2D eigenvalue weighted by atomic mass is 16.1. The molecule has 3 fully saturated rings. The summed E-state index contributed by atoms with van der Waals surface area (Å²) >= 11 is 0. The van der Waals surface area contributed by atoms with E-state index in [1.807, 2.05) is 19.9 Å². The van der Waals surface area contributed by atoms with Crippen LogP contribution < -0.4 is 10.2 Å². The molecule has 1 aromatic rings. The van der Waals surface area contributed by atoms with Crippen LogP contribution >= 0.6 is 0 Å². The lowest BCUT2D eigenvalue weighted by molar-refractivity contribution is -0.126. The molecule has 4 rings (SSSR count). The Morgan fingerprint density at radius 3 is 2.38 bits per heavy atom. The van der Waals surface area contributed by atoms with Crippen molar-refractivity contribution >= 4 is 11.9 Å². The second-order valence-electron chi connectivity index (χ2n) is 8.85. The SMILES string of the molecule is Cc1cc(C)nc(N2CCC(C(=O)NC(C)C3CC4CCC3C4)CC2)n1. The van der Waals surface area contributed by atoms with E-state index in [9.17, 15) is 4.79 Å². The third kappa shape index (κ3) is 3.58. The monoisotopic (exact) mass is 356 g/mol. The van der Waals surface area contributed by atoms with E-state index in [2.05, 4.69) is 27.1 Å². The third-order valence-corrected chi connectivity index (χ3v) is 6.92. The Morgan fingerprint density at radius 1 is 1.12 bits per heavy atom. The van der Waals surface area contributed by atoms with E-state index < -0.39 is 0 Å². The van der Waals surface area contributed by atoms with Crippen LogP contribution in [-0.2, 0) is 4.79 Å². The molecule has 2 saturated carbocycles. The Labute approximate surface area is 157 Å². The first-order chi connectivity index (χ1) is 12.5. The largest absolute Gasteiger partial charge is 0.353 e. The van der Waals surface area contributed by atoms with Crippen molar-refractivity contribution in [3.05, 3.63) is 17.5 Å². The van der Waals surface area contributed by atoms with Gasteiger partial charge in [-0.25, -0.2) is 9.97 Å². The van der Waals surface area contributed by atoms with E-state index in [-0.39, 0.29) is 11.8 Å². The maximum absolute atomic E-state index is 12.8. The minimum Gasteiger partial charge on any atom is -0.353 e. The number of amides is 1. The zero-order chi connectivity index (χ0) is 18.3. The number of aromatic nitrogens is 2. The average molecular weight is 357 g/mol. The molecule has 0 radical (unpaired) electrons. The van der Waals surface area contributed by atoms with Crippen molar-refractivity contribution < 1.29 is 4.79 Å². The topological polar surface area (TPSA) is 58.1 Å². The Balaban J connectivity index is 1.29. The summed E-state index contributed by atoms with van der Waals surface area (Å²) in [5.74, 6) is 3.72. The van der Waals surface area contributed by atoms with Gasteiger partial charge in [-0.2, -0.15) is 0 Å². The second kappa shape index (κ2) is 7.16. The van der Waals surface area contributed by atoms with Gasteiger partial charge in [0.15, 0.2) is 0 Å². The van der Waals surface area contributed by atoms with Crippen LogP contribution in [-0.4, -0.2) is 35.0 Å². The average Bonchev–Trinajstić information content (AvgIpc) is 3.24. The van der Waals surface area contributed by atoms with E-state index in [1.165, 1.54) is 25.7 Å². The summed E-state index contributed by atoms with van der Waals surface area (Å²) in [7, 11) is 0. The minimum absolute atomic E-state index is 0.137. The van der Waals surface area contributed by atoms with Crippen molar-refractivity contribution in [3.8, 4) is 0 Å². The number of carbonyl (C=O) groups excluding carboxylic acids is 1. The van der Waals surface area contributed by atoms with Gasteiger partial charge in [0.1, 0.15) is 0 Å². The molecule has 0 spiro atoms. The van der Waals surface area contributed by atoms with Crippen LogP contribution in [0.1, 0.15) is 56.8 Å². The molecular formula is C21H32N4O. The summed E-state index contributed by atoms with van der Waals surface area (Å²) < 4.78 is 0. The number of rotatable bonds is 4. The summed E-state index contributed by atoms with van der Waals surface area (Å²) in [4.78, 5) is 24.1. The van der Waals surface area contributed by atoms with Gasteiger partial charge in [0.05, 0.1) is 0 Å². The number of fused-ring (bicyclic) bond motifs is 2. The van der Waals surface area contributed by atoms with Crippen LogP contribution in [0.5, 0.6) is 0 Å². The number of carbonyl (C=O) groups is 1. The number of hydrogen-bond donors (Lipinski definition) is 1. The predicted molar refractivity (Wildman–Crippen MR) is 103 cm³/mol. The quantitative estimate of drug-likeness (QED) is 0.900. The van der Waals surface area contributed by atoms with Crippen LogP contribution in [0.15, 0.2) is 6.07 Å². The number of anilines is 1. The maximum Gasteiger partial charge on any atom is 0.225 e. The number of aryl methyl sites for hydroxylation is 2. The highest BCUT2D eigenvalue weighted by Gasteiger charge is 2.42. The van der Waals surface area contributed by atoms with E-state index in [1.54, 1.807) is 0 Å². The van der Waals surface area contributed by atoms with Gasteiger partial charge >= 0.3 is 0 Å². The van der Waals surface area contributed by atoms with Crippen molar-refractivity contribution in [1.82, 2.24) is 15.3 Å². The van der Waals surface area contributed by atoms with Crippen molar-refractivity contribution in [1.29, 1.82) is 0 Å². The summed E-state index contributed by atoms with van der Waals surface area (Å²) in [5.41, 5.74) is 2.01. The molecule has 2 aliphatic carbocycles. The predicted octanol–water partition coefficient (Wildman–Crippen LogP) is 3.25. The van der Waals surface area contributed by atoms with Gasteiger partial charge < -0.3 is 10.2 Å². The van der Waals surface area contributed by atoms with E-state index >= 15 is 0 Å². The number of hydrogen-bond acceptors (Lipinski definition) is 4. The van der Waals surface area contributed by atoms with Crippen LogP contribution in [0.2, 0.25) is 0 Å². The molecule has 1 amide bonds. The van der Waals surface area contributed by atoms with Crippen LogP contribution in [0.4, 0.5) is 5.95 Å². The molecule has 5 nitrogen and oxygen atoms in total. The molecule has 2 heterocycles. The van der Waals surface area contributed by atoms with Gasteiger partial charge in [-0.3, -0.25) is 4.79 Å². The summed E-state index contributed by atoms with van der Waals surface area (Å²) in [6.45, 7) is 7.97. The molecule has 4 unspecified atom stereocenters. The van der Waals surface area contributed by atoms with E-state index in [0.717, 1.165) is 55.1 Å². The Kier molecular flexibility index (Phi) is 4.89. The molecule has 1 N–H and O–H groups in total. The first-order valence-electron chi connectivity index (χ1n) is 10.4. The van der Waals surface area contributed by atoms with Crippen molar-refractivity contribution in [3.63, 3.8) is 0 Å². The van der Waals surface area contributed by atoms with Crippen molar-refractivity contribution in [2.75, 3.05) is 18.0 Å². The summed E-state index contributed by atoms with van der Waals surface area (Å²) in [6, 6.07) is 2.33. The fourth-order valence-corrected chi connectivity index (χ4v) is 5.55. The Morgan fingerprint density at radius 2 is 1.81 bits per heavy atom. The van der Waals surface area contributed by atoms with Crippen LogP contribution in [0, 0.1) is 37.5 Å². The normalized spacial score (nSPS) is 29.8. The second-order valence-corrected chi connectivity index (χ2v) is 8.85. The van der Waals surface area contributed by atoms with E-state index in [4.69, 9.17) is 0 Å². The fourth-order valence-electron chi connectivity index (χ4n) is 5.55. The number of nitrogens with one attached hydrogen (secondary N) is 1. The molecule has 4 atom stereocenters. The molecule has 1 saturated heterocycles. The Hall–Kier alpha value is -1.65. The van der Waals surface area contributed by atoms with Crippen molar-refractivity contribution in [2.45, 2.75) is 65.3 Å². The van der Waals surface area contributed by atoms with Gasteiger partial charge in [-0.05, 0) is 76.7 Å². The lowest BCUT2D eigenvalue weighted by Crippen LogP contribution is -2.46. The minimum atomic E-state index is 0.137. The maximum atomic E-state index is 12.8. The molecule has 3 aliphatic rings. The molecule has 2 bridgehead atoms. The lowest BCUT2D eigenvalue weighted by Gasteiger charge is -2.34. The molecular weight excluding hydrogens is 324 g/mol. The number of piperidine rings is 1. The Bertz CT molecular complexity index is 648. The van der Waals surface area contributed by atoms with Crippen LogP contribution in [0.25, 0.3) is 0 Å². The summed E-state index contributed by atoms with van der Waals surface area (Å²) in [5, 5.41) is 3.36. The van der Waals surface area contributed by atoms with Crippen LogP contribution in [0.3, 0.4) is 0 Å². The van der Waals surface area contributed by atoms with E-state index in [0.29, 0.717) is 12.0 Å². The van der Waals surface area contributed by atoms with Gasteiger partial charge in [-0.15, -0.1) is 0 Å². The third-order valence-electron chi connectivity index (χ3n) is 6.92. The lowest BCUT2D eigenvalue weighted by atomic mass is 9.83. The smallest absolute Gasteiger partial charge is 0.225 e. The van der Waals surface area contributed by atoms with Crippen molar-refractivity contribution in [2.24, 2.45) is 23.7 Å². The molecule has 1 aliphatic heterocycles.